The summed E-state index contributed by atoms with van der Waals surface area (Å²) in [4.78, 5) is 24.7. The third kappa shape index (κ3) is 3.38. The van der Waals surface area contributed by atoms with Gasteiger partial charge in [0.2, 0.25) is 5.91 Å². The van der Waals surface area contributed by atoms with Crippen molar-refractivity contribution in [2.24, 2.45) is 5.92 Å². The molecule has 1 fully saturated rings. The molecule has 3 aromatic rings. The summed E-state index contributed by atoms with van der Waals surface area (Å²) in [7, 11) is 0. The monoisotopic (exact) mass is 383 g/mol. The normalized spacial score (nSPS) is 16.9. The molecular formula is C26H25NO2. The van der Waals surface area contributed by atoms with Crippen LogP contribution in [0.4, 0.5) is 5.69 Å². The van der Waals surface area contributed by atoms with Crippen LogP contribution in [0.15, 0.2) is 72.8 Å². The predicted octanol–water partition coefficient (Wildman–Crippen LogP) is 5.45. The van der Waals surface area contributed by atoms with Crippen LogP contribution >= 0.6 is 0 Å². The van der Waals surface area contributed by atoms with E-state index in [9.17, 15) is 9.59 Å². The lowest BCUT2D eigenvalue weighted by molar-refractivity contribution is -0.117. The third-order valence-electron chi connectivity index (χ3n) is 6.09. The van der Waals surface area contributed by atoms with Crippen LogP contribution in [0.5, 0.6) is 0 Å². The molecule has 0 aliphatic heterocycles. The first-order valence-corrected chi connectivity index (χ1v) is 9.97. The Hall–Kier alpha value is -3.20. The molecule has 1 amide bonds. The third-order valence-corrected chi connectivity index (χ3v) is 6.09. The molecule has 3 nitrogen and oxygen atoms in total. The number of Topliss-reactive ketones (excluding diaryl/α,β-unsaturated/α-hetero) is 1. The molecule has 0 spiro atoms. The summed E-state index contributed by atoms with van der Waals surface area (Å²) in [6, 6.07) is 23.8. The van der Waals surface area contributed by atoms with Crippen LogP contribution in [0.2, 0.25) is 0 Å². The van der Waals surface area contributed by atoms with Crippen LogP contribution in [0.25, 0.3) is 0 Å². The summed E-state index contributed by atoms with van der Waals surface area (Å²) in [5.74, 6) is -0.0903. The second-order valence-electron chi connectivity index (χ2n) is 7.98. The summed E-state index contributed by atoms with van der Waals surface area (Å²) >= 11 is 0. The highest BCUT2D eigenvalue weighted by Gasteiger charge is 2.61. The number of nitrogens with one attached hydrogen (secondary N) is 1. The van der Waals surface area contributed by atoms with Crippen molar-refractivity contribution in [3.05, 3.63) is 101 Å². The van der Waals surface area contributed by atoms with E-state index in [0.717, 1.165) is 12.1 Å². The lowest BCUT2D eigenvalue weighted by Crippen LogP contribution is -2.23. The first-order valence-electron chi connectivity index (χ1n) is 9.97. The zero-order valence-electron chi connectivity index (χ0n) is 17.0. The van der Waals surface area contributed by atoms with Gasteiger partial charge in [-0.3, -0.25) is 9.59 Å². The van der Waals surface area contributed by atoms with E-state index in [4.69, 9.17) is 0 Å². The second kappa shape index (κ2) is 7.32. The summed E-state index contributed by atoms with van der Waals surface area (Å²) in [6.07, 6.45) is 0.792. The van der Waals surface area contributed by atoms with Gasteiger partial charge in [0.1, 0.15) is 0 Å². The molecule has 0 aromatic heterocycles. The maximum absolute atomic E-state index is 13.2. The number of aryl methyl sites for hydroxylation is 2. The minimum Gasteiger partial charge on any atom is -0.326 e. The van der Waals surface area contributed by atoms with Gasteiger partial charge in [0.15, 0.2) is 5.78 Å². The van der Waals surface area contributed by atoms with Crippen molar-refractivity contribution < 1.29 is 9.59 Å². The molecule has 1 atom stereocenters. The van der Waals surface area contributed by atoms with Crippen molar-refractivity contribution in [3.63, 3.8) is 0 Å². The molecule has 4 rings (SSSR count). The first-order chi connectivity index (χ1) is 13.9. The summed E-state index contributed by atoms with van der Waals surface area (Å²) in [6.45, 7) is 5.77. The Morgan fingerprint density at radius 2 is 1.34 bits per heavy atom. The zero-order chi connectivity index (χ0) is 20.6. The van der Waals surface area contributed by atoms with E-state index < -0.39 is 0 Å². The van der Waals surface area contributed by atoms with Crippen molar-refractivity contribution in [2.45, 2.75) is 32.6 Å². The van der Waals surface area contributed by atoms with E-state index in [-0.39, 0.29) is 23.0 Å². The molecule has 1 N–H and O–H groups in total. The predicted molar refractivity (Wildman–Crippen MR) is 116 cm³/mol. The van der Waals surface area contributed by atoms with Crippen molar-refractivity contribution in [1.82, 2.24) is 0 Å². The van der Waals surface area contributed by atoms with Gasteiger partial charge in [0.05, 0.1) is 5.92 Å². The van der Waals surface area contributed by atoms with Crippen molar-refractivity contribution in [2.75, 3.05) is 5.32 Å². The number of amides is 1. The molecule has 0 radical (unpaired) electrons. The molecule has 1 aliphatic carbocycles. The highest BCUT2D eigenvalue weighted by atomic mass is 16.2. The number of rotatable bonds is 5. The first kappa shape index (κ1) is 19.1. The average Bonchev–Trinajstić information content (AvgIpc) is 3.45. The van der Waals surface area contributed by atoms with Crippen LogP contribution in [0, 0.1) is 19.8 Å². The quantitative estimate of drug-likeness (QED) is 0.596. The minimum atomic E-state index is -0.292. The largest absolute Gasteiger partial charge is 0.326 e. The summed E-state index contributed by atoms with van der Waals surface area (Å²) in [5.41, 5.74) is 5.93. The molecule has 1 saturated carbocycles. The van der Waals surface area contributed by atoms with Crippen LogP contribution in [0.3, 0.4) is 0 Å². The fourth-order valence-electron chi connectivity index (χ4n) is 4.48. The molecule has 0 unspecified atom stereocenters. The van der Waals surface area contributed by atoms with Gasteiger partial charge in [0.25, 0.3) is 0 Å². The molecule has 0 bridgehead atoms. The van der Waals surface area contributed by atoms with Crippen molar-refractivity contribution in [1.29, 1.82) is 0 Å². The Morgan fingerprint density at radius 3 is 1.83 bits per heavy atom. The van der Waals surface area contributed by atoms with Crippen molar-refractivity contribution >= 4 is 17.4 Å². The maximum Gasteiger partial charge on any atom is 0.228 e. The van der Waals surface area contributed by atoms with Gasteiger partial charge in [-0.2, -0.15) is 0 Å². The SMILES string of the molecule is CC(=O)c1ccc(NC(=O)[C@H]2CC2(c2ccccc2C)c2ccccc2C)cc1. The number of ketones is 1. The maximum atomic E-state index is 13.2. The highest BCUT2D eigenvalue weighted by molar-refractivity contribution is 5.98. The van der Waals surface area contributed by atoms with Gasteiger partial charge in [-0.15, -0.1) is 0 Å². The zero-order valence-corrected chi connectivity index (χ0v) is 17.0. The van der Waals surface area contributed by atoms with E-state index in [1.165, 1.54) is 29.2 Å². The van der Waals surface area contributed by atoms with Gasteiger partial charge < -0.3 is 5.32 Å². The standard InChI is InChI=1S/C26H25NO2/c1-17-8-4-6-10-22(17)26(23-11-7-5-9-18(23)2)16-24(26)25(29)27-21-14-12-20(13-15-21)19(3)28/h4-15,24H,16H2,1-3H3,(H,27,29)/t24-/m1/s1. The van der Waals surface area contributed by atoms with Crippen LogP contribution in [0.1, 0.15) is 46.0 Å². The molecule has 29 heavy (non-hydrogen) atoms. The average molecular weight is 383 g/mol. The minimum absolute atomic E-state index is 0.0168. The Balaban J connectivity index is 1.67. The van der Waals surface area contributed by atoms with Crippen LogP contribution in [-0.2, 0) is 10.2 Å². The van der Waals surface area contributed by atoms with E-state index in [1.807, 2.05) is 12.1 Å². The molecule has 1 aliphatic rings. The van der Waals surface area contributed by atoms with Gasteiger partial charge >= 0.3 is 0 Å². The molecular weight excluding hydrogens is 358 g/mol. The van der Waals surface area contributed by atoms with Crippen molar-refractivity contribution in [3.8, 4) is 0 Å². The second-order valence-corrected chi connectivity index (χ2v) is 7.98. The van der Waals surface area contributed by atoms with E-state index in [2.05, 4.69) is 55.6 Å². The highest BCUT2D eigenvalue weighted by Crippen LogP contribution is 2.60. The topological polar surface area (TPSA) is 46.2 Å². The molecule has 3 aromatic carbocycles. The number of carbonyl (C=O) groups is 2. The van der Waals surface area contributed by atoms with E-state index in [0.29, 0.717) is 5.56 Å². The van der Waals surface area contributed by atoms with Crippen LogP contribution in [-0.4, -0.2) is 11.7 Å². The van der Waals surface area contributed by atoms with E-state index >= 15 is 0 Å². The summed E-state index contributed by atoms with van der Waals surface area (Å²) < 4.78 is 0. The lowest BCUT2D eigenvalue weighted by Gasteiger charge is -2.23. The fraction of sp³-hybridized carbons (Fsp3) is 0.231. The number of carbonyl (C=O) groups excluding carboxylic acids is 2. The number of benzene rings is 3. The lowest BCUT2D eigenvalue weighted by atomic mass is 9.81. The number of hydrogen-bond acceptors (Lipinski definition) is 2. The number of hydrogen-bond donors (Lipinski definition) is 1. The van der Waals surface area contributed by atoms with Gasteiger partial charge in [0, 0.05) is 16.7 Å². The molecule has 0 heterocycles. The van der Waals surface area contributed by atoms with Gasteiger partial charge in [-0.05, 0) is 73.7 Å². The molecule has 146 valence electrons. The smallest absolute Gasteiger partial charge is 0.228 e. The van der Waals surface area contributed by atoms with Gasteiger partial charge in [-0.25, -0.2) is 0 Å². The summed E-state index contributed by atoms with van der Waals surface area (Å²) in [5, 5.41) is 3.05. The Labute approximate surface area is 171 Å². The Bertz CT molecular complexity index is 1040. The Morgan fingerprint density at radius 1 is 0.828 bits per heavy atom. The molecule has 3 heteroatoms. The van der Waals surface area contributed by atoms with Gasteiger partial charge in [-0.1, -0.05) is 48.5 Å². The molecule has 0 saturated heterocycles. The Kier molecular flexibility index (Phi) is 4.83. The van der Waals surface area contributed by atoms with E-state index in [1.54, 1.807) is 24.3 Å². The van der Waals surface area contributed by atoms with Crippen LogP contribution < -0.4 is 5.32 Å². The fourth-order valence-corrected chi connectivity index (χ4v) is 4.48. The number of anilines is 1.